The van der Waals surface area contributed by atoms with Gasteiger partial charge in [0.1, 0.15) is 0 Å². The number of nitrogens with zero attached hydrogens (tertiary/aromatic N) is 2. The molecule has 2 nitrogen and oxygen atoms in total. The molecule has 2 aromatic rings. The number of rotatable bonds is 2. The van der Waals surface area contributed by atoms with Gasteiger partial charge in [0.05, 0.1) is 11.4 Å². The highest BCUT2D eigenvalue weighted by Crippen LogP contribution is 2.12. The monoisotopic (exact) mass is 186 g/mol. The van der Waals surface area contributed by atoms with Gasteiger partial charge in [-0.05, 0) is 31.5 Å². The van der Waals surface area contributed by atoms with E-state index in [9.17, 15) is 0 Å². The summed E-state index contributed by atoms with van der Waals surface area (Å²) in [6.07, 6.45) is 1.01. The van der Waals surface area contributed by atoms with Crippen molar-refractivity contribution in [3.05, 3.63) is 47.8 Å². The summed E-state index contributed by atoms with van der Waals surface area (Å²) >= 11 is 0. The van der Waals surface area contributed by atoms with Crippen LogP contribution in [0, 0.1) is 6.92 Å². The normalized spacial score (nSPS) is 10.4. The predicted octanol–water partition coefficient (Wildman–Crippen LogP) is 2.74. The summed E-state index contributed by atoms with van der Waals surface area (Å²) in [6.45, 7) is 4.18. The van der Waals surface area contributed by atoms with E-state index in [1.54, 1.807) is 0 Å². The molecule has 2 heteroatoms. The van der Waals surface area contributed by atoms with Gasteiger partial charge in [0.2, 0.25) is 0 Å². The van der Waals surface area contributed by atoms with Gasteiger partial charge in [-0.25, -0.2) is 4.68 Å². The average molecular weight is 186 g/mol. The van der Waals surface area contributed by atoms with E-state index in [0.717, 1.165) is 17.8 Å². The molecule has 0 aliphatic rings. The zero-order chi connectivity index (χ0) is 9.97. The van der Waals surface area contributed by atoms with Gasteiger partial charge >= 0.3 is 0 Å². The molecule has 72 valence electrons. The van der Waals surface area contributed by atoms with Crippen LogP contribution in [0.25, 0.3) is 5.69 Å². The van der Waals surface area contributed by atoms with Crippen molar-refractivity contribution < 1.29 is 0 Å². The maximum absolute atomic E-state index is 4.47. The maximum atomic E-state index is 4.47. The minimum Gasteiger partial charge on any atom is -0.238 e. The van der Waals surface area contributed by atoms with Gasteiger partial charge < -0.3 is 0 Å². The second kappa shape index (κ2) is 3.66. The highest BCUT2D eigenvalue weighted by molar-refractivity contribution is 5.33. The van der Waals surface area contributed by atoms with Gasteiger partial charge in [0, 0.05) is 5.69 Å². The fourth-order valence-electron chi connectivity index (χ4n) is 1.60. The van der Waals surface area contributed by atoms with E-state index in [0.29, 0.717) is 0 Å². The van der Waals surface area contributed by atoms with Crippen LogP contribution < -0.4 is 0 Å². The molecular weight excluding hydrogens is 172 g/mol. The van der Waals surface area contributed by atoms with Gasteiger partial charge in [0.25, 0.3) is 0 Å². The van der Waals surface area contributed by atoms with Crippen LogP contribution in [0.2, 0.25) is 0 Å². The minimum atomic E-state index is 1.01. The van der Waals surface area contributed by atoms with E-state index in [4.69, 9.17) is 0 Å². The fraction of sp³-hybridized carbons (Fsp3) is 0.250. The van der Waals surface area contributed by atoms with Crippen LogP contribution >= 0.6 is 0 Å². The lowest BCUT2D eigenvalue weighted by atomic mass is 10.3. The van der Waals surface area contributed by atoms with E-state index >= 15 is 0 Å². The third-order valence-electron chi connectivity index (χ3n) is 2.27. The first-order valence-electron chi connectivity index (χ1n) is 4.92. The van der Waals surface area contributed by atoms with Crippen molar-refractivity contribution in [1.82, 2.24) is 9.78 Å². The Bertz CT molecular complexity index is 415. The predicted molar refractivity (Wildman–Crippen MR) is 57.7 cm³/mol. The number of aryl methyl sites for hydroxylation is 2. The van der Waals surface area contributed by atoms with E-state index in [1.807, 2.05) is 29.8 Å². The number of benzene rings is 1. The molecule has 0 saturated heterocycles. The molecule has 0 aliphatic carbocycles. The number of hydrogen-bond donors (Lipinski definition) is 0. The Morgan fingerprint density at radius 1 is 1.21 bits per heavy atom. The molecule has 0 bridgehead atoms. The van der Waals surface area contributed by atoms with Crippen LogP contribution in [-0.4, -0.2) is 9.78 Å². The molecule has 0 saturated carbocycles. The Kier molecular flexibility index (Phi) is 2.35. The van der Waals surface area contributed by atoms with Gasteiger partial charge in [-0.2, -0.15) is 5.10 Å². The molecule has 2 rings (SSSR count). The van der Waals surface area contributed by atoms with E-state index in [-0.39, 0.29) is 0 Å². The maximum Gasteiger partial charge on any atom is 0.0648 e. The molecule has 0 unspecified atom stereocenters. The molecule has 0 aliphatic heterocycles. The molecule has 1 aromatic heterocycles. The standard InChI is InChI=1S/C12H14N2/c1-3-11-9-10(2)13-14(11)12-7-5-4-6-8-12/h4-9H,3H2,1-2H3. The molecule has 0 fully saturated rings. The summed E-state index contributed by atoms with van der Waals surface area (Å²) < 4.78 is 2.01. The van der Waals surface area contributed by atoms with Crippen LogP contribution in [0.4, 0.5) is 0 Å². The van der Waals surface area contributed by atoms with Crippen LogP contribution in [0.3, 0.4) is 0 Å². The van der Waals surface area contributed by atoms with Crippen LogP contribution in [-0.2, 0) is 6.42 Å². The largest absolute Gasteiger partial charge is 0.238 e. The minimum absolute atomic E-state index is 1.01. The third kappa shape index (κ3) is 1.55. The Morgan fingerprint density at radius 2 is 1.93 bits per heavy atom. The lowest BCUT2D eigenvalue weighted by Gasteiger charge is -2.04. The molecule has 0 amide bonds. The Morgan fingerprint density at radius 3 is 2.57 bits per heavy atom. The van der Waals surface area contributed by atoms with Crippen molar-refractivity contribution >= 4 is 0 Å². The summed E-state index contributed by atoms with van der Waals surface area (Å²) in [4.78, 5) is 0. The number of para-hydroxylation sites is 1. The first-order chi connectivity index (χ1) is 6.81. The van der Waals surface area contributed by atoms with Gasteiger partial charge in [-0.15, -0.1) is 0 Å². The summed E-state index contributed by atoms with van der Waals surface area (Å²) in [7, 11) is 0. The highest BCUT2D eigenvalue weighted by Gasteiger charge is 2.04. The Labute approximate surface area is 84.2 Å². The Balaban J connectivity index is 2.51. The van der Waals surface area contributed by atoms with Crippen LogP contribution in [0.1, 0.15) is 18.3 Å². The molecule has 1 heterocycles. The lowest BCUT2D eigenvalue weighted by molar-refractivity contribution is 0.805. The number of hydrogen-bond acceptors (Lipinski definition) is 1. The SMILES string of the molecule is CCc1cc(C)nn1-c1ccccc1. The van der Waals surface area contributed by atoms with Crippen LogP contribution in [0.5, 0.6) is 0 Å². The zero-order valence-corrected chi connectivity index (χ0v) is 8.57. The fourth-order valence-corrected chi connectivity index (χ4v) is 1.60. The molecule has 0 atom stereocenters. The average Bonchev–Trinajstić information content (AvgIpc) is 2.61. The third-order valence-corrected chi connectivity index (χ3v) is 2.27. The van der Waals surface area contributed by atoms with Gasteiger partial charge in [0.15, 0.2) is 0 Å². The van der Waals surface area contributed by atoms with E-state index < -0.39 is 0 Å². The molecule has 14 heavy (non-hydrogen) atoms. The first kappa shape index (κ1) is 9.00. The van der Waals surface area contributed by atoms with Crippen molar-refractivity contribution in [1.29, 1.82) is 0 Å². The second-order valence-corrected chi connectivity index (χ2v) is 3.38. The van der Waals surface area contributed by atoms with E-state index in [1.165, 1.54) is 5.69 Å². The topological polar surface area (TPSA) is 17.8 Å². The van der Waals surface area contributed by atoms with Crippen molar-refractivity contribution in [3.63, 3.8) is 0 Å². The van der Waals surface area contributed by atoms with Crippen LogP contribution in [0.15, 0.2) is 36.4 Å². The second-order valence-electron chi connectivity index (χ2n) is 3.38. The summed E-state index contributed by atoms with van der Waals surface area (Å²) in [5, 5.41) is 4.47. The number of aromatic nitrogens is 2. The molecule has 1 aromatic carbocycles. The molecule has 0 spiro atoms. The molecular formula is C12H14N2. The van der Waals surface area contributed by atoms with Gasteiger partial charge in [-0.3, -0.25) is 0 Å². The van der Waals surface area contributed by atoms with Gasteiger partial charge in [-0.1, -0.05) is 25.1 Å². The highest BCUT2D eigenvalue weighted by atomic mass is 15.3. The van der Waals surface area contributed by atoms with Crippen molar-refractivity contribution in [2.75, 3.05) is 0 Å². The zero-order valence-electron chi connectivity index (χ0n) is 8.57. The Hall–Kier alpha value is -1.57. The summed E-state index contributed by atoms with van der Waals surface area (Å²) in [5.41, 5.74) is 3.47. The first-order valence-corrected chi connectivity index (χ1v) is 4.92. The van der Waals surface area contributed by atoms with E-state index in [2.05, 4.69) is 30.2 Å². The van der Waals surface area contributed by atoms with Crippen molar-refractivity contribution in [2.24, 2.45) is 0 Å². The molecule has 0 radical (unpaired) electrons. The van der Waals surface area contributed by atoms with Crippen molar-refractivity contribution in [3.8, 4) is 5.69 Å². The summed E-state index contributed by atoms with van der Waals surface area (Å²) in [6, 6.07) is 12.4. The molecule has 0 N–H and O–H groups in total. The summed E-state index contributed by atoms with van der Waals surface area (Å²) in [5.74, 6) is 0. The lowest BCUT2D eigenvalue weighted by Crippen LogP contribution is -2.00. The van der Waals surface area contributed by atoms with Crippen molar-refractivity contribution in [2.45, 2.75) is 20.3 Å². The smallest absolute Gasteiger partial charge is 0.0648 e. The quantitative estimate of drug-likeness (QED) is 0.705.